The van der Waals surface area contributed by atoms with Gasteiger partial charge in [0.25, 0.3) is 0 Å². The molecule has 0 unspecified atom stereocenters. The monoisotopic (exact) mass is 551 g/mol. The number of halogens is 3. The minimum absolute atomic E-state index is 0.0605. The second-order valence-corrected chi connectivity index (χ2v) is 10.8. The number of hydrogen-bond acceptors (Lipinski definition) is 6. The van der Waals surface area contributed by atoms with E-state index in [1.165, 1.54) is 5.56 Å². The number of fused-ring (bicyclic) bond motifs is 1. The van der Waals surface area contributed by atoms with E-state index >= 15 is 0 Å². The van der Waals surface area contributed by atoms with Crippen LogP contribution >= 0.6 is 0 Å². The fraction of sp³-hybridized carbons (Fsp3) is 0.400. The lowest BCUT2D eigenvalue weighted by atomic mass is 10.0. The Kier molecular flexibility index (Phi) is 9.48. The highest BCUT2D eigenvalue weighted by Crippen LogP contribution is 2.23. The quantitative estimate of drug-likeness (QED) is 0.480. The van der Waals surface area contributed by atoms with Crippen LogP contribution in [0.4, 0.5) is 13.2 Å². The number of nitrogens with zero attached hydrogens (tertiary/aromatic N) is 2. The first-order valence-corrected chi connectivity index (χ1v) is 13.3. The maximum Gasteiger partial charge on any atom is 0.397 e. The van der Waals surface area contributed by atoms with Crippen LogP contribution in [0.5, 0.6) is 0 Å². The molecule has 9 nitrogen and oxygen atoms in total. The number of carbonyl (C=O) groups is 2. The highest BCUT2D eigenvalue weighted by atomic mass is 32.2. The third-order valence-electron chi connectivity index (χ3n) is 6.11. The summed E-state index contributed by atoms with van der Waals surface area (Å²) in [5.41, 5.74) is 7.86. The van der Waals surface area contributed by atoms with Crippen molar-refractivity contribution in [2.75, 3.05) is 19.6 Å². The molecule has 0 aliphatic carbocycles. The van der Waals surface area contributed by atoms with Crippen molar-refractivity contribution in [3.63, 3.8) is 0 Å². The largest absolute Gasteiger partial charge is 0.397 e. The maximum absolute atomic E-state index is 12.7. The van der Waals surface area contributed by atoms with Gasteiger partial charge in [-0.25, -0.2) is 13.1 Å². The average Bonchev–Trinajstić information content (AvgIpc) is 3.20. The van der Waals surface area contributed by atoms with Gasteiger partial charge >= 0.3 is 6.18 Å². The SMILES string of the molecule is N#Cc1cccc(CN2CC[C@@H](CNS(=O)(=O)c3ccc4c(c3)CNCC4)C2=O)c1.NC(=O)CC(F)(F)F. The second-order valence-electron chi connectivity index (χ2n) is 9.03. The summed E-state index contributed by atoms with van der Waals surface area (Å²) >= 11 is 0. The summed E-state index contributed by atoms with van der Waals surface area (Å²) in [5, 5.41) is 12.3. The Labute approximate surface area is 218 Å². The third kappa shape index (κ3) is 8.27. The zero-order chi connectivity index (χ0) is 27.9. The topological polar surface area (TPSA) is 145 Å². The zero-order valence-electron chi connectivity index (χ0n) is 20.4. The van der Waals surface area contributed by atoms with Crippen LogP contribution in [-0.4, -0.2) is 50.9 Å². The van der Waals surface area contributed by atoms with Crippen molar-refractivity contribution >= 4 is 21.8 Å². The van der Waals surface area contributed by atoms with Crippen molar-refractivity contribution in [3.05, 3.63) is 64.7 Å². The van der Waals surface area contributed by atoms with E-state index in [1.54, 1.807) is 35.2 Å². The van der Waals surface area contributed by atoms with Crippen LogP contribution in [0.3, 0.4) is 0 Å². The molecule has 4 N–H and O–H groups in total. The van der Waals surface area contributed by atoms with Gasteiger partial charge in [0.2, 0.25) is 21.8 Å². The fourth-order valence-corrected chi connectivity index (χ4v) is 5.36. The molecule has 0 aromatic heterocycles. The van der Waals surface area contributed by atoms with Crippen LogP contribution in [-0.2, 0) is 39.1 Å². The van der Waals surface area contributed by atoms with Crippen LogP contribution in [0.15, 0.2) is 47.4 Å². The van der Waals surface area contributed by atoms with Crippen LogP contribution in [0, 0.1) is 17.2 Å². The summed E-state index contributed by atoms with van der Waals surface area (Å²) in [6.45, 7) is 2.66. The highest BCUT2D eigenvalue weighted by Gasteiger charge is 2.33. The normalized spacial score (nSPS) is 17.3. The highest BCUT2D eigenvalue weighted by molar-refractivity contribution is 7.89. The minimum Gasteiger partial charge on any atom is -0.369 e. The van der Waals surface area contributed by atoms with Crippen LogP contribution in [0.1, 0.15) is 35.1 Å². The van der Waals surface area contributed by atoms with Gasteiger partial charge in [-0.05, 0) is 60.3 Å². The molecule has 13 heteroatoms. The van der Waals surface area contributed by atoms with E-state index in [4.69, 9.17) is 5.26 Å². The van der Waals surface area contributed by atoms with E-state index < -0.39 is 28.5 Å². The molecule has 0 saturated carbocycles. The lowest BCUT2D eigenvalue weighted by Gasteiger charge is -2.19. The van der Waals surface area contributed by atoms with Gasteiger partial charge in [0, 0.05) is 26.2 Å². The van der Waals surface area contributed by atoms with E-state index in [0.29, 0.717) is 31.6 Å². The lowest BCUT2D eigenvalue weighted by molar-refractivity contribution is -0.151. The van der Waals surface area contributed by atoms with Crippen LogP contribution < -0.4 is 15.8 Å². The smallest absolute Gasteiger partial charge is 0.369 e. The van der Waals surface area contributed by atoms with Crippen molar-refractivity contribution in [2.24, 2.45) is 11.7 Å². The molecular formula is C25H28F3N5O4S. The predicted octanol–water partition coefficient (Wildman–Crippen LogP) is 1.96. The van der Waals surface area contributed by atoms with E-state index in [1.807, 2.05) is 12.1 Å². The number of nitrogens with two attached hydrogens (primary N) is 1. The van der Waals surface area contributed by atoms with Crippen molar-refractivity contribution < 1.29 is 31.2 Å². The van der Waals surface area contributed by atoms with Gasteiger partial charge in [-0.15, -0.1) is 0 Å². The summed E-state index contributed by atoms with van der Waals surface area (Å²) in [4.78, 5) is 24.2. The maximum atomic E-state index is 12.7. The zero-order valence-corrected chi connectivity index (χ0v) is 21.2. The Morgan fingerprint density at radius 1 is 1.21 bits per heavy atom. The Hall–Kier alpha value is -3.47. The molecule has 2 aliphatic rings. The number of rotatable bonds is 7. The first-order chi connectivity index (χ1) is 17.9. The molecule has 0 bridgehead atoms. The van der Waals surface area contributed by atoms with Crippen molar-refractivity contribution in [1.29, 1.82) is 5.26 Å². The van der Waals surface area contributed by atoms with E-state index in [-0.39, 0.29) is 23.3 Å². The number of alkyl halides is 3. The Balaban J connectivity index is 0.000000436. The van der Waals surface area contributed by atoms with Crippen molar-refractivity contribution in [3.8, 4) is 6.07 Å². The molecule has 2 amide bonds. The minimum atomic E-state index is -4.45. The number of primary amides is 1. The first-order valence-electron chi connectivity index (χ1n) is 11.8. The summed E-state index contributed by atoms with van der Waals surface area (Å²) in [7, 11) is -3.67. The van der Waals surface area contributed by atoms with Gasteiger partial charge in [0.15, 0.2) is 0 Å². The summed E-state index contributed by atoms with van der Waals surface area (Å²) in [6.07, 6.45) is -4.49. The molecule has 38 heavy (non-hydrogen) atoms. The van der Waals surface area contributed by atoms with E-state index in [2.05, 4.69) is 21.8 Å². The number of likely N-dealkylation sites (tertiary alicyclic amines) is 1. The molecule has 1 atom stereocenters. The fourth-order valence-electron chi connectivity index (χ4n) is 4.22. The summed E-state index contributed by atoms with van der Waals surface area (Å²) in [5.74, 6) is -1.79. The number of hydrogen-bond donors (Lipinski definition) is 3. The van der Waals surface area contributed by atoms with E-state index in [0.717, 1.165) is 24.1 Å². The summed E-state index contributed by atoms with van der Waals surface area (Å²) in [6, 6.07) is 14.5. The molecule has 2 aromatic rings. The summed E-state index contributed by atoms with van der Waals surface area (Å²) < 4.78 is 61.1. The van der Waals surface area contributed by atoms with Gasteiger partial charge in [0.1, 0.15) is 6.42 Å². The molecule has 1 fully saturated rings. The van der Waals surface area contributed by atoms with Gasteiger partial charge in [-0.2, -0.15) is 18.4 Å². The number of nitrogens with one attached hydrogen (secondary N) is 2. The van der Waals surface area contributed by atoms with Crippen LogP contribution in [0.2, 0.25) is 0 Å². The first kappa shape index (κ1) is 29.1. The van der Waals surface area contributed by atoms with Crippen molar-refractivity contribution in [1.82, 2.24) is 14.9 Å². The number of amides is 2. The standard InChI is InChI=1S/C22H24N4O3S.C3H4F3NO/c23-12-16-2-1-3-17(10-16)15-26-9-7-19(22(26)27)14-25-30(28,29)21-5-4-18-6-8-24-13-20(18)11-21;4-3(5,6)1-2(7)8/h1-5,10-11,19,24-25H,6-9,13-15H2;1H2,(H2,7,8)/t19-;/m0./s1. The third-order valence-corrected chi connectivity index (χ3v) is 7.53. The molecule has 204 valence electrons. The molecule has 2 heterocycles. The predicted molar refractivity (Wildman–Crippen MR) is 132 cm³/mol. The number of carbonyl (C=O) groups excluding carboxylic acids is 2. The van der Waals surface area contributed by atoms with Gasteiger partial charge in [0.05, 0.1) is 22.4 Å². The lowest BCUT2D eigenvalue weighted by Crippen LogP contribution is -2.34. The number of sulfonamides is 1. The number of benzene rings is 2. The van der Waals surface area contributed by atoms with Gasteiger partial charge < -0.3 is 16.0 Å². The average molecular weight is 552 g/mol. The molecule has 2 aromatic carbocycles. The molecule has 0 spiro atoms. The van der Waals surface area contributed by atoms with Gasteiger partial charge in [-0.3, -0.25) is 9.59 Å². The molecular weight excluding hydrogens is 523 g/mol. The molecule has 2 aliphatic heterocycles. The molecule has 0 radical (unpaired) electrons. The molecule has 1 saturated heterocycles. The number of nitriles is 1. The Bertz CT molecular complexity index is 1330. The molecule has 4 rings (SSSR count). The van der Waals surface area contributed by atoms with Crippen LogP contribution in [0.25, 0.3) is 0 Å². The Morgan fingerprint density at radius 2 is 1.97 bits per heavy atom. The van der Waals surface area contributed by atoms with Gasteiger partial charge in [-0.1, -0.05) is 18.2 Å². The van der Waals surface area contributed by atoms with E-state index in [9.17, 15) is 31.2 Å². The second kappa shape index (κ2) is 12.4. The Morgan fingerprint density at radius 3 is 2.63 bits per heavy atom. The van der Waals surface area contributed by atoms with Crippen molar-refractivity contribution in [2.45, 2.75) is 43.4 Å².